The van der Waals surface area contributed by atoms with Crippen LogP contribution in [0.1, 0.15) is 25.3 Å². The summed E-state index contributed by atoms with van der Waals surface area (Å²) in [6, 6.07) is 1.53. The molecule has 3 heterocycles. The van der Waals surface area contributed by atoms with Gasteiger partial charge in [-0.05, 0) is 18.1 Å². The minimum atomic E-state index is -0.528. The predicted molar refractivity (Wildman–Crippen MR) is 108 cm³/mol. The highest BCUT2D eigenvalue weighted by atomic mass is 16.5. The topological polar surface area (TPSA) is 116 Å². The first-order valence-corrected chi connectivity index (χ1v) is 10.3. The molecule has 0 bridgehead atoms. The number of carbonyl (C=O) groups excluding carboxylic acids is 1. The fourth-order valence-corrected chi connectivity index (χ4v) is 4.08. The van der Waals surface area contributed by atoms with E-state index in [1.807, 2.05) is 0 Å². The molecule has 3 N–H and O–H groups in total. The maximum atomic E-state index is 12.2. The van der Waals surface area contributed by atoms with Gasteiger partial charge in [-0.3, -0.25) is 15.1 Å². The summed E-state index contributed by atoms with van der Waals surface area (Å²) >= 11 is 0. The summed E-state index contributed by atoms with van der Waals surface area (Å²) in [5.41, 5.74) is 3.62. The van der Waals surface area contributed by atoms with Crippen molar-refractivity contribution in [1.29, 1.82) is 0 Å². The number of hydrazine groups is 1. The van der Waals surface area contributed by atoms with Gasteiger partial charge in [-0.1, -0.05) is 13.3 Å². The van der Waals surface area contributed by atoms with Gasteiger partial charge in [0, 0.05) is 37.7 Å². The van der Waals surface area contributed by atoms with Gasteiger partial charge in [0.05, 0.1) is 18.4 Å². The molecule has 0 aromatic carbocycles. The summed E-state index contributed by atoms with van der Waals surface area (Å²) < 4.78 is 22.9. The molecule has 1 aromatic heterocycles. The van der Waals surface area contributed by atoms with Crippen LogP contribution in [0.25, 0.3) is 11.3 Å². The summed E-state index contributed by atoms with van der Waals surface area (Å²) in [6.07, 6.45) is 3.19. The maximum absolute atomic E-state index is 12.2. The summed E-state index contributed by atoms with van der Waals surface area (Å²) in [5, 5.41) is 0.805. The van der Waals surface area contributed by atoms with Crippen LogP contribution in [0.3, 0.4) is 0 Å². The Morgan fingerprint density at radius 3 is 2.90 bits per heavy atom. The molecule has 3 aliphatic rings. The standard InChI is InChI=1S/C21H27N3O6/c1-2-3-13-10-18(25)30-20-14-11-17(21(26)23-22)29-15(14)12-16(19(13)20)28-9-6-24-4-7-27-8-5-24/h10-11,15H,2-9,12,22H2,1H3,(H,23,26). The van der Waals surface area contributed by atoms with Gasteiger partial charge in [-0.15, -0.1) is 0 Å². The number of ether oxygens (including phenoxy) is 3. The summed E-state index contributed by atoms with van der Waals surface area (Å²) in [5.74, 6) is 5.54. The molecule has 9 heteroatoms. The van der Waals surface area contributed by atoms with Crippen molar-refractivity contribution < 1.29 is 23.4 Å². The molecule has 1 aromatic rings. The van der Waals surface area contributed by atoms with Crippen molar-refractivity contribution in [2.75, 3.05) is 39.5 Å². The number of aryl methyl sites for hydroxylation is 1. The lowest BCUT2D eigenvalue weighted by molar-refractivity contribution is -0.121. The third kappa shape index (κ3) is 4.14. The molecule has 4 rings (SSSR count). The zero-order chi connectivity index (χ0) is 21.1. The zero-order valence-corrected chi connectivity index (χ0v) is 17.1. The van der Waals surface area contributed by atoms with Crippen LogP contribution in [0.5, 0.6) is 0 Å². The molecular weight excluding hydrogens is 390 g/mol. The van der Waals surface area contributed by atoms with E-state index in [1.165, 1.54) is 6.07 Å². The molecule has 9 nitrogen and oxygen atoms in total. The highest BCUT2D eigenvalue weighted by molar-refractivity contribution is 5.95. The van der Waals surface area contributed by atoms with E-state index in [0.717, 1.165) is 62.2 Å². The monoisotopic (exact) mass is 417 g/mol. The maximum Gasteiger partial charge on any atom is 0.336 e. The van der Waals surface area contributed by atoms with E-state index in [9.17, 15) is 9.59 Å². The average molecular weight is 417 g/mol. The van der Waals surface area contributed by atoms with Crippen LogP contribution < -0.4 is 27.5 Å². The van der Waals surface area contributed by atoms with Crippen LogP contribution in [-0.4, -0.2) is 56.4 Å². The lowest BCUT2D eigenvalue weighted by atomic mass is 9.96. The molecule has 2 aliphatic heterocycles. The quantitative estimate of drug-likeness (QED) is 0.326. The van der Waals surface area contributed by atoms with Gasteiger partial charge in [0.25, 0.3) is 5.91 Å². The molecule has 1 atom stereocenters. The molecule has 0 saturated carbocycles. The second-order valence-corrected chi connectivity index (χ2v) is 7.52. The first kappa shape index (κ1) is 20.6. The third-order valence-electron chi connectivity index (χ3n) is 5.52. The number of carbonyl (C=O) groups is 1. The Kier molecular flexibility index (Phi) is 6.21. The van der Waals surface area contributed by atoms with Gasteiger partial charge < -0.3 is 18.6 Å². The number of nitrogens with two attached hydrogens (primary N) is 1. The molecule has 1 unspecified atom stereocenters. The second-order valence-electron chi connectivity index (χ2n) is 7.52. The van der Waals surface area contributed by atoms with Gasteiger partial charge in [0.2, 0.25) is 0 Å². The number of morpholine rings is 1. The minimum Gasteiger partial charge on any atom is -0.496 e. The van der Waals surface area contributed by atoms with Crippen molar-refractivity contribution >= 4 is 17.2 Å². The van der Waals surface area contributed by atoms with E-state index < -0.39 is 17.6 Å². The van der Waals surface area contributed by atoms with Crippen molar-refractivity contribution in [2.45, 2.75) is 32.3 Å². The van der Waals surface area contributed by atoms with Gasteiger partial charge in [-0.2, -0.15) is 0 Å². The molecule has 162 valence electrons. The first-order valence-electron chi connectivity index (χ1n) is 10.3. The normalized spacial score (nSPS) is 20.9. The fourth-order valence-electron chi connectivity index (χ4n) is 4.08. The van der Waals surface area contributed by atoms with Crippen LogP contribution in [0.4, 0.5) is 0 Å². The highest BCUT2D eigenvalue weighted by Crippen LogP contribution is 2.30. The molecule has 1 aliphatic carbocycles. The van der Waals surface area contributed by atoms with Crippen LogP contribution >= 0.6 is 0 Å². The number of hydrogen-bond acceptors (Lipinski definition) is 8. The van der Waals surface area contributed by atoms with Crippen molar-refractivity contribution in [3.05, 3.63) is 44.5 Å². The van der Waals surface area contributed by atoms with Crippen molar-refractivity contribution in [3.63, 3.8) is 0 Å². The summed E-state index contributed by atoms with van der Waals surface area (Å²) in [7, 11) is 0. The summed E-state index contributed by atoms with van der Waals surface area (Å²) in [6.45, 7) is 6.58. The first-order chi connectivity index (χ1) is 14.6. The molecule has 0 radical (unpaired) electrons. The number of nitrogens with one attached hydrogen (secondary N) is 1. The lowest BCUT2D eigenvalue weighted by Crippen LogP contribution is -2.43. The van der Waals surface area contributed by atoms with E-state index in [1.54, 1.807) is 6.08 Å². The molecule has 1 amide bonds. The number of fused-ring (bicyclic) bond motifs is 2. The Morgan fingerprint density at radius 1 is 1.37 bits per heavy atom. The number of rotatable bonds is 7. The Labute approximate surface area is 173 Å². The molecule has 30 heavy (non-hydrogen) atoms. The third-order valence-corrected chi connectivity index (χ3v) is 5.52. The Morgan fingerprint density at radius 2 is 2.17 bits per heavy atom. The van der Waals surface area contributed by atoms with E-state index in [0.29, 0.717) is 24.0 Å². The van der Waals surface area contributed by atoms with Crippen LogP contribution in [-0.2, 0) is 25.4 Å². The van der Waals surface area contributed by atoms with Crippen LogP contribution in [0.15, 0.2) is 27.1 Å². The lowest BCUT2D eigenvalue weighted by Gasteiger charge is -2.27. The van der Waals surface area contributed by atoms with E-state index in [2.05, 4.69) is 17.2 Å². The largest absolute Gasteiger partial charge is 0.496 e. The van der Waals surface area contributed by atoms with E-state index in [-0.39, 0.29) is 5.76 Å². The van der Waals surface area contributed by atoms with Crippen molar-refractivity contribution in [1.82, 2.24) is 10.3 Å². The van der Waals surface area contributed by atoms with Crippen LogP contribution in [0, 0.1) is 0 Å². The fraction of sp³-hybridized carbons (Fsp3) is 0.524. The van der Waals surface area contributed by atoms with Gasteiger partial charge >= 0.3 is 5.63 Å². The van der Waals surface area contributed by atoms with E-state index in [4.69, 9.17) is 24.5 Å². The molecule has 1 saturated heterocycles. The smallest absolute Gasteiger partial charge is 0.336 e. The highest BCUT2D eigenvalue weighted by Gasteiger charge is 2.34. The van der Waals surface area contributed by atoms with Gasteiger partial charge in [0.15, 0.2) is 5.76 Å². The molecule has 0 spiro atoms. The molecular formula is C21H27N3O6. The van der Waals surface area contributed by atoms with Crippen molar-refractivity contribution in [2.24, 2.45) is 5.84 Å². The average Bonchev–Trinajstić information content (AvgIpc) is 3.18. The Bertz CT molecular complexity index is 1020. The van der Waals surface area contributed by atoms with E-state index >= 15 is 0 Å². The second kappa shape index (κ2) is 9.03. The van der Waals surface area contributed by atoms with Gasteiger partial charge in [0.1, 0.15) is 23.9 Å². The van der Waals surface area contributed by atoms with Crippen LogP contribution in [0.2, 0.25) is 0 Å². The zero-order valence-electron chi connectivity index (χ0n) is 17.1. The number of amides is 1. The Hall–Kier alpha value is -2.62. The summed E-state index contributed by atoms with van der Waals surface area (Å²) in [4.78, 5) is 26.5. The number of hydrogen-bond donors (Lipinski definition) is 2. The van der Waals surface area contributed by atoms with Crippen molar-refractivity contribution in [3.8, 4) is 0 Å². The SMILES string of the molecule is CCCc1cc(=O)oc2c1=C(OCCN1CCOCC1)CC1OC(C(=O)NN)=CC=21. The van der Waals surface area contributed by atoms with Gasteiger partial charge in [-0.25, -0.2) is 10.6 Å². The predicted octanol–water partition coefficient (Wildman–Crippen LogP) is -1.12. The molecule has 1 fully saturated rings. The Balaban J connectivity index is 1.73. The minimum absolute atomic E-state index is 0.0987. The number of nitrogens with zero attached hydrogens (tertiary/aromatic N) is 1.